The Bertz CT molecular complexity index is 351. The van der Waals surface area contributed by atoms with Crippen molar-refractivity contribution in [1.82, 2.24) is 14.9 Å². The van der Waals surface area contributed by atoms with Gasteiger partial charge in [-0.1, -0.05) is 6.92 Å². The summed E-state index contributed by atoms with van der Waals surface area (Å²) in [4.78, 5) is 4.47. The summed E-state index contributed by atoms with van der Waals surface area (Å²) in [5.74, 6) is 3.00. The fourth-order valence-electron chi connectivity index (χ4n) is 2.83. The lowest BCUT2D eigenvalue weighted by atomic mass is 9.98. The third kappa shape index (κ3) is 2.89. The van der Waals surface area contributed by atoms with E-state index in [1.165, 1.54) is 37.9 Å². The topological polar surface area (TPSA) is 29.9 Å². The van der Waals surface area contributed by atoms with E-state index in [0.717, 1.165) is 30.8 Å². The second-order valence-corrected chi connectivity index (χ2v) is 5.68. The normalized spacial score (nSPS) is 20.1. The first-order chi connectivity index (χ1) is 8.36. The van der Waals surface area contributed by atoms with Gasteiger partial charge in [-0.3, -0.25) is 0 Å². The molecule has 0 aliphatic heterocycles. The summed E-state index contributed by atoms with van der Waals surface area (Å²) < 4.78 is 2.31. The van der Waals surface area contributed by atoms with Crippen LogP contribution in [0.2, 0.25) is 0 Å². The molecular weight excluding hydrogens is 210 g/mol. The third-order valence-corrected chi connectivity index (χ3v) is 4.12. The van der Waals surface area contributed by atoms with Gasteiger partial charge in [-0.15, -0.1) is 0 Å². The molecule has 1 aromatic heterocycles. The van der Waals surface area contributed by atoms with Crippen molar-refractivity contribution in [2.75, 3.05) is 6.54 Å². The van der Waals surface area contributed by atoms with Gasteiger partial charge >= 0.3 is 0 Å². The molecule has 1 aromatic rings. The van der Waals surface area contributed by atoms with Crippen molar-refractivity contribution >= 4 is 0 Å². The van der Waals surface area contributed by atoms with Gasteiger partial charge in [0.05, 0.1) is 12.0 Å². The standard InChI is InChI=1S/C14H23N3/c1-2-15-7-13-8-17(10-16-13)9-14(11-3-4-11)12-5-6-12/h8,10-12,14-15H,2-7,9H2,1H3. The highest BCUT2D eigenvalue weighted by Crippen LogP contribution is 2.49. The molecule has 0 atom stereocenters. The van der Waals surface area contributed by atoms with E-state index in [4.69, 9.17) is 0 Å². The van der Waals surface area contributed by atoms with Gasteiger partial charge < -0.3 is 9.88 Å². The lowest BCUT2D eigenvalue weighted by Crippen LogP contribution is -2.14. The average Bonchev–Trinajstić information content (AvgIpc) is 3.23. The highest BCUT2D eigenvalue weighted by atomic mass is 15.0. The molecule has 3 nitrogen and oxygen atoms in total. The minimum atomic E-state index is 0.904. The van der Waals surface area contributed by atoms with Crippen molar-refractivity contribution in [3.8, 4) is 0 Å². The average molecular weight is 233 g/mol. The zero-order valence-corrected chi connectivity index (χ0v) is 10.7. The van der Waals surface area contributed by atoms with Crippen LogP contribution >= 0.6 is 0 Å². The molecule has 1 heterocycles. The van der Waals surface area contributed by atoms with Crippen LogP contribution < -0.4 is 5.32 Å². The fourth-order valence-corrected chi connectivity index (χ4v) is 2.83. The van der Waals surface area contributed by atoms with Crippen LogP contribution in [0.5, 0.6) is 0 Å². The predicted molar refractivity (Wildman–Crippen MR) is 68.5 cm³/mol. The maximum Gasteiger partial charge on any atom is 0.0950 e. The monoisotopic (exact) mass is 233 g/mol. The van der Waals surface area contributed by atoms with Gasteiger partial charge in [-0.25, -0.2) is 4.98 Å². The molecule has 17 heavy (non-hydrogen) atoms. The summed E-state index contributed by atoms with van der Waals surface area (Å²) in [5, 5.41) is 3.33. The van der Waals surface area contributed by atoms with Crippen LogP contribution in [0.15, 0.2) is 12.5 Å². The van der Waals surface area contributed by atoms with Crippen molar-refractivity contribution in [2.24, 2.45) is 17.8 Å². The minimum Gasteiger partial charge on any atom is -0.337 e. The maximum atomic E-state index is 4.47. The Kier molecular flexibility index (Phi) is 3.19. The highest BCUT2D eigenvalue weighted by Gasteiger charge is 2.41. The largest absolute Gasteiger partial charge is 0.337 e. The Morgan fingerprint density at radius 2 is 2.06 bits per heavy atom. The number of nitrogens with one attached hydrogen (secondary N) is 1. The van der Waals surface area contributed by atoms with E-state index in [1.807, 2.05) is 6.33 Å². The Hall–Kier alpha value is -0.830. The second-order valence-electron chi connectivity index (χ2n) is 5.68. The SMILES string of the molecule is CCNCc1cn(CC(C2CC2)C2CC2)cn1. The van der Waals surface area contributed by atoms with Crippen molar-refractivity contribution in [2.45, 2.75) is 45.7 Å². The van der Waals surface area contributed by atoms with Gasteiger partial charge in [0.1, 0.15) is 0 Å². The summed E-state index contributed by atoms with van der Waals surface area (Å²) in [5.41, 5.74) is 1.18. The lowest BCUT2D eigenvalue weighted by Gasteiger charge is -2.15. The van der Waals surface area contributed by atoms with E-state index in [2.05, 4.69) is 28.0 Å². The van der Waals surface area contributed by atoms with E-state index in [1.54, 1.807) is 0 Å². The quantitative estimate of drug-likeness (QED) is 0.784. The van der Waals surface area contributed by atoms with E-state index in [-0.39, 0.29) is 0 Å². The van der Waals surface area contributed by atoms with Gasteiger partial charge in [0.25, 0.3) is 0 Å². The van der Waals surface area contributed by atoms with Crippen LogP contribution in [-0.4, -0.2) is 16.1 Å². The number of aromatic nitrogens is 2. The second kappa shape index (κ2) is 4.81. The first kappa shape index (κ1) is 11.3. The molecule has 0 bridgehead atoms. The molecule has 0 saturated heterocycles. The van der Waals surface area contributed by atoms with Gasteiger partial charge in [0.15, 0.2) is 0 Å². The molecule has 2 fully saturated rings. The molecule has 2 saturated carbocycles. The number of nitrogens with zero attached hydrogens (tertiary/aromatic N) is 2. The molecule has 3 rings (SSSR count). The van der Waals surface area contributed by atoms with E-state index >= 15 is 0 Å². The zero-order chi connectivity index (χ0) is 11.7. The van der Waals surface area contributed by atoms with Gasteiger partial charge in [-0.2, -0.15) is 0 Å². The molecule has 0 radical (unpaired) electrons. The smallest absolute Gasteiger partial charge is 0.0950 e. The molecule has 1 N–H and O–H groups in total. The first-order valence-electron chi connectivity index (χ1n) is 7.08. The lowest BCUT2D eigenvalue weighted by molar-refractivity contribution is 0.349. The molecule has 0 aromatic carbocycles. The van der Waals surface area contributed by atoms with Crippen LogP contribution in [0.25, 0.3) is 0 Å². The van der Waals surface area contributed by atoms with Crippen LogP contribution in [0.1, 0.15) is 38.3 Å². The van der Waals surface area contributed by atoms with E-state index < -0.39 is 0 Å². The van der Waals surface area contributed by atoms with Crippen molar-refractivity contribution in [3.63, 3.8) is 0 Å². The highest BCUT2D eigenvalue weighted by molar-refractivity contribution is 4.98. The summed E-state index contributed by atoms with van der Waals surface area (Å²) in [7, 11) is 0. The molecule has 3 heteroatoms. The van der Waals surface area contributed by atoms with Crippen molar-refractivity contribution < 1.29 is 0 Å². The minimum absolute atomic E-state index is 0.904. The Balaban J connectivity index is 1.57. The molecule has 0 amide bonds. The molecular formula is C14H23N3. The van der Waals surface area contributed by atoms with Crippen molar-refractivity contribution in [1.29, 1.82) is 0 Å². The Labute approximate surface area is 104 Å². The maximum absolute atomic E-state index is 4.47. The summed E-state index contributed by atoms with van der Waals surface area (Å²) in [6, 6.07) is 0. The van der Waals surface area contributed by atoms with Gasteiger partial charge in [0.2, 0.25) is 0 Å². The Morgan fingerprint density at radius 3 is 2.65 bits per heavy atom. The molecule has 2 aliphatic rings. The first-order valence-corrected chi connectivity index (χ1v) is 7.08. The summed E-state index contributed by atoms with van der Waals surface area (Å²) in [6.45, 7) is 5.25. The molecule has 0 spiro atoms. The Morgan fingerprint density at radius 1 is 1.35 bits per heavy atom. The van der Waals surface area contributed by atoms with Crippen LogP contribution in [0.4, 0.5) is 0 Å². The fraction of sp³-hybridized carbons (Fsp3) is 0.786. The van der Waals surface area contributed by atoms with Gasteiger partial charge in [-0.05, 0) is 50.0 Å². The third-order valence-electron chi connectivity index (χ3n) is 4.12. The number of imidazole rings is 1. The predicted octanol–water partition coefficient (Wildman–Crippen LogP) is 2.43. The van der Waals surface area contributed by atoms with Crippen LogP contribution in [-0.2, 0) is 13.1 Å². The van der Waals surface area contributed by atoms with Gasteiger partial charge in [0, 0.05) is 19.3 Å². The van der Waals surface area contributed by atoms with E-state index in [0.29, 0.717) is 0 Å². The van der Waals surface area contributed by atoms with Crippen LogP contribution in [0.3, 0.4) is 0 Å². The molecule has 0 unspecified atom stereocenters. The molecule has 2 aliphatic carbocycles. The molecule has 94 valence electrons. The number of hydrogen-bond donors (Lipinski definition) is 1. The number of hydrogen-bond acceptors (Lipinski definition) is 2. The number of rotatable bonds is 7. The zero-order valence-electron chi connectivity index (χ0n) is 10.7. The van der Waals surface area contributed by atoms with E-state index in [9.17, 15) is 0 Å². The summed E-state index contributed by atoms with van der Waals surface area (Å²) in [6.07, 6.45) is 10.1. The summed E-state index contributed by atoms with van der Waals surface area (Å²) >= 11 is 0. The van der Waals surface area contributed by atoms with Crippen molar-refractivity contribution in [3.05, 3.63) is 18.2 Å². The van der Waals surface area contributed by atoms with Crippen LogP contribution in [0, 0.1) is 17.8 Å².